The number of methoxy groups -OCH3 is 1. The SMILES string of the molecule is COc1cc(Cl)nc(COc2cc(C)ccc2C)n1. The fourth-order valence-electron chi connectivity index (χ4n) is 1.62. The normalized spacial score (nSPS) is 10.3. The van der Waals surface area contributed by atoms with Crippen molar-refractivity contribution in [2.45, 2.75) is 20.5 Å². The van der Waals surface area contributed by atoms with E-state index < -0.39 is 0 Å². The van der Waals surface area contributed by atoms with E-state index in [1.54, 1.807) is 6.07 Å². The van der Waals surface area contributed by atoms with Gasteiger partial charge in [-0.15, -0.1) is 0 Å². The highest BCUT2D eigenvalue weighted by molar-refractivity contribution is 6.29. The molecule has 0 spiro atoms. The van der Waals surface area contributed by atoms with Crippen LogP contribution in [0.2, 0.25) is 5.15 Å². The van der Waals surface area contributed by atoms with Gasteiger partial charge in [0.1, 0.15) is 17.5 Å². The number of aromatic nitrogens is 2. The Bertz CT molecular complexity index is 588. The smallest absolute Gasteiger partial charge is 0.217 e. The molecule has 1 heterocycles. The number of hydrogen-bond donors (Lipinski definition) is 0. The summed E-state index contributed by atoms with van der Waals surface area (Å²) in [6, 6.07) is 7.60. The van der Waals surface area contributed by atoms with Gasteiger partial charge >= 0.3 is 0 Å². The van der Waals surface area contributed by atoms with Crippen molar-refractivity contribution < 1.29 is 9.47 Å². The van der Waals surface area contributed by atoms with Crippen LogP contribution in [0, 0.1) is 13.8 Å². The Kier molecular flexibility index (Phi) is 4.22. The number of nitrogens with zero attached hydrogens (tertiary/aromatic N) is 2. The van der Waals surface area contributed by atoms with Gasteiger partial charge in [0.15, 0.2) is 5.82 Å². The minimum atomic E-state index is 0.251. The van der Waals surface area contributed by atoms with Crippen LogP contribution in [0.5, 0.6) is 11.6 Å². The molecular formula is C14H15ClN2O2. The van der Waals surface area contributed by atoms with E-state index in [9.17, 15) is 0 Å². The molecule has 4 nitrogen and oxygen atoms in total. The Morgan fingerprint density at radius 2 is 1.95 bits per heavy atom. The molecule has 2 aromatic rings. The second-order valence-electron chi connectivity index (χ2n) is 4.21. The van der Waals surface area contributed by atoms with Crippen molar-refractivity contribution >= 4 is 11.6 Å². The van der Waals surface area contributed by atoms with E-state index in [-0.39, 0.29) is 6.61 Å². The highest BCUT2D eigenvalue weighted by Crippen LogP contribution is 2.20. The van der Waals surface area contributed by atoms with Gasteiger partial charge in [0.25, 0.3) is 0 Å². The molecule has 0 N–H and O–H groups in total. The highest BCUT2D eigenvalue weighted by Gasteiger charge is 2.06. The molecule has 5 heteroatoms. The summed E-state index contributed by atoms with van der Waals surface area (Å²) in [4.78, 5) is 8.27. The number of hydrogen-bond acceptors (Lipinski definition) is 4. The molecule has 100 valence electrons. The largest absolute Gasteiger partial charge is 0.485 e. The Morgan fingerprint density at radius 3 is 2.68 bits per heavy atom. The molecule has 0 aliphatic rings. The Labute approximate surface area is 117 Å². The Morgan fingerprint density at radius 1 is 1.16 bits per heavy atom. The number of rotatable bonds is 4. The Hall–Kier alpha value is -1.81. The van der Waals surface area contributed by atoms with Crippen LogP contribution < -0.4 is 9.47 Å². The lowest BCUT2D eigenvalue weighted by Gasteiger charge is -2.10. The lowest BCUT2D eigenvalue weighted by atomic mass is 10.1. The molecule has 19 heavy (non-hydrogen) atoms. The average molecular weight is 279 g/mol. The van der Waals surface area contributed by atoms with Crippen molar-refractivity contribution in [1.82, 2.24) is 9.97 Å². The molecule has 0 radical (unpaired) electrons. The highest BCUT2D eigenvalue weighted by atomic mass is 35.5. The van der Waals surface area contributed by atoms with Crippen LogP contribution in [-0.2, 0) is 6.61 Å². The second-order valence-corrected chi connectivity index (χ2v) is 4.59. The van der Waals surface area contributed by atoms with Gasteiger partial charge in [-0.3, -0.25) is 0 Å². The van der Waals surface area contributed by atoms with E-state index >= 15 is 0 Å². The quantitative estimate of drug-likeness (QED) is 0.805. The van der Waals surface area contributed by atoms with Crippen molar-refractivity contribution in [3.63, 3.8) is 0 Å². The van der Waals surface area contributed by atoms with E-state index in [0.29, 0.717) is 16.9 Å². The summed E-state index contributed by atoms with van der Waals surface area (Å²) in [5.74, 6) is 1.74. The fourth-order valence-corrected chi connectivity index (χ4v) is 1.81. The fraction of sp³-hybridized carbons (Fsp3) is 0.286. The van der Waals surface area contributed by atoms with E-state index in [2.05, 4.69) is 9.97 Å². The third-order valence-electron chi connectivity index (χ3n) is 2.63. The first-order valence-electron chi connectivity index (χ1n) is 5.86. The average Bonchev–Trinajstić information content (AvgIpc) is 2.39. The van der Waals surface area contributed by atoms with Crippen molar-refractivity contribution in [2.24, 2.45) is 0 Å². The molecule has 0 aliphatic carbocycles. The molecule has 0 unspecified atom stereocenters. The second kappa shape index (κ2) is 5.89. The van der Waals surface area contributed by atoms with Crippen LogP contribution in [-0.4, -0.2) is 17.1 Å². The molecule has 0 bridgehead atoms. The third kappa shape index (κ3) is 3.58. The van der Waals surface area contributed by atoms with E-state index in [1.807, 2.05) is 32.0 Å². The van der Waals surface area contributed by atoms with Gasteiger partial charge in [-0.1, -0.05) is 23.7 Å². The molecule has 0 aliphatic heterocycles. The van der Waals surface area contributed by atoms with Gasteiger partial charge in [-0.2, -0.15) is 4.98 Å². The summed E-state index contributed by atoms with van der Waals surface area (Å²) in [7, 11) is 1.54. The van der Waals surface area contributed by atoms with Crippen LogP contribution in [0.4, 0.5) is 0 Å². The molecule has 1 aromatic carbocycles. The number of ether oxygens (including phenoxy) is 2. The predicted molar refractivity (Wildman–Crippen MR) is 73.8 cm³/mol. The summed E-state index contributed by atoms with van der Waals surface area (Å²) in [5.41, 5.74) is 2.21. The van der Waals surface area contributed by atoms with Crippen molar-refractivity contribution in [3.8, 4) is 11.6 Å². The van der Waals surface area contributed by atoms with Crippen LogP contribution in [0.3, 0.4) is 0 Å². The summed E-state index contributed by atoms with van der Waals surface area (Å²) >= 11 is 5.88. The molecular weight excluding hydrogens is 264 g/mol. The first-order chi connectivity index (χ1) is 9.08. The molecule has 0 saturated carbocycles. The third-order valence-corrected chi connectivity index (χ3v) is 2.82. The van der Waals surface area contributed by atoms with Gasteiger partial charge in [0.05, 0.1) is 7.11 Å². The summed E-state index contributed by atoms with van der Waals surface area (Å²) in [5, 5.41) is 0.339. The molecule has 1 aromatic heterocycles. The van der Waals surface area contributed by atoms with Gasteiger partial charge in [-0.05, 0) is 31.0 Å². The lowest BCUT2D eigenvalue weighted by Crippen LogP contribution is -2.04. The first-order valence-corrected chi connectivity index (χ1v) is 6.24. The molecule has 2 rings (SSSR count). The number of halogens is 1. The topological polar surface area (TPSA) is 44.2 Å². The minimum Gasteiger partial charge on any atom is -0.485 e. The Balaban J connectivity index is 2.14. The standard InChI is InChI=1S/C14H15ClN2O2/c1-9-4-5-10(2)11(6-9)19-8-13-16-12(15)7-14(17-13)18-3/h4-7H,8H2,1-3H3. The predicted octanol–water partition coefficient (Wildman–Crippen LogP) is 3.33. The van der Waals surface area contributed by atoms with Crippen LogP contribution in [0.15, 0.2) is 24.3 Å². The molecule has 0 atom stereocenters. The zero-order valence-electron chi connectivity index (χ0n) is 11.1. The van der Waals surface area contributed by atoms with Crippen molar-refractivity contribution in [2.75, 3.05) is 7.11 Å². The monoisotopic (exact) mass is 278 g/mol. The zero-order valence-corrected chi connectivity index (χ0v) is 11.9. The van der Waals surface area contributed by atoms with Gasteiger partial charge in [0, 0.05) is 6.07 Å². The summed E-state index contributed by atoms with van der Waals surface area (Å²) in [6.45, 7) is 4.26. The van der Waals surface area contributed by atoms with Crippen molar-refractivity contribution in [1.29, 1.82) is 0 Å². The van der Waals surface area contributed by atoms with E-state index in [1.165, 1.54) is 7.11 Å². The lowest BCUT2D eigenvalue weighted by molar-refractivity contribution is 0.290. The zero-order chi connectivity index (χ0) is 13.8. The minimum absolute atomic E-state index is 0.251. The summed E-state index contributed by atoms with van der Waals surface area (Å²) < 4.78 is 10.8. The van der Waals surface area contributed by atoms with Gasteiger partial charge in [0.2, 0.25) is 5.88 Å². The number of aryl methyl sites for hydroxylation is 2. The van der Waals surface area contributed by atoms with Gasteiger partial charge in [-0.25, -0.2) is 4.98 Å². The van der Waals surface area contributed by atoms with E-state index in [4.69, 9.17) is 21.1 Å². The maximum Gasteiger partial charge on any atom is 0.217 e. The van der Waals surface area contributed by atoms with E-state index in [0.717, 1.165) is 16.9 Å². The van der Waals surface area contributed by atoms with Crippen LogP contribution >= 0.6 is 11.6 Å². The van der Waals surface area contributed by atoms with Crippen LogP contribution in [0.1, 0.15) is 17.0 Å². The van der Waals surface area contributed by atoms with Crippen LogP contribution in [0.25, 0.3) is 0 Å². The molecule has 0 amide bonds. The maximum atomic E-state index is 5.88. The first kappa shape index (κ1) is 13.6. The number of benzene rings is 1. The summed E-state index contributed by atoms with van der Waals surface area (Å²) in [6.07, 6.45) is 0. The maximum absolute atomic E-state index is 5.88. The molecule has 0 saturated heterocycles. The molecule has 0 fully saturated rings. The van der Waals surface area contributed by atoms with Gasteiger partial charge < -0.3 is 9.47 Å². The van der Waals surface area contributed by atoms with Crippen molar-refractivity contribution in [3.05, 3.63) is 46.4 Å².